The van der Waals surface area contributed by atoms with Crippen molar-refractivity contribution in [3.05, 3.63) is 23.9 Å². The molecule has 2 aliphatic rings. The summed E-state index contributed by atoms with van der Waals surface area (Å²) in [6, 6.07) is 4.24. The lowest BCUT2D eigenvalue weighted by Crippen LogP contribution is -2.42. The second-order valence-electron chi connectivity index (χ2n) is 7.99. The summed E-state index contributed by atoms with van der Waals surface area (Å²) in [5.74, 6) is 1.91. The molecule has 2 heterocycles. The van der Waals surface area contributed by atoms with E-state index in [1.54, 1.807) is 0 Å². The van der Waals surface area contributed by atoms with Crippen LogP contribution in [0, 0.1) is 5.41 Å². The van der Waals surface area contributed by atoms with Crippen LogP contribution in [0.4, 0.5) is 5.82 Å². The Morgan fingerprint density at radius 1 is 1.36 bits per heavy atom. The standard InChI is InChI=1S/C21H35N5O.HI/c1-4-21(8-5-6-9-21)16-25-20(22-3)24-14-18-7-10-23-19(13-18)26-11-12-27-17(2)15-26;/h7,10,13,17H,4-6,8-9,11-12,14-16H2,1-3H3,(H2,22,24,25);1H. The van der Waals surface area contributed by atoms with Crippen molar-refractivity contribution in [1.82, 2.24) is 15.6 Å². The Hall–Kier alpha value is -1.09. The molecular formula is C21H36IN5O. The van der Waals surface area contributed by atoms with Crippen molar-refractivity contribution in [2.24, 2.45) is 10.4 Å². The fourth-order valence-electron chi connectivity index (χ4n) is 4.23. The molecule has 0 bridgehead atoms. The maximum absolute atomic E-state index is 5.63. The molecule has 7 heteroatoms. The fraction of sp³-hybridized carbons (Fsp3) is 0.714. The van der Waals surface area contributed by atoms with Crippen LogP contribution in [-0.2, 0) is 11.3 Å². The molecule has 0 amide bonds. The Morgan fingerprint density at radius 3 is 2.82 bits per heavy atom. The van der Waals surface area contributed by atoms with Gasteiger partial charge in [-0.1, -0.05) is 19.8 Å². The van der Waals surface area contributed by atoms with Crippen LogP contribution < -0.4 is 15.5 Å². The van der Waals surface area contributed by atoms with Crippen molar-refractivity contribution >= 4 is 35.8 Å². The van der Waals surface area contributed by atoms with Gasteiger partial charge in [0.05, 0.1) is 12.7 Å². The molecule has 0 spiro atoms. The van der Waals surface area contributed by atoms with Crippen molar-refractivity contribution in [1.29, 1.82) is 0 Å². The average Bonchev–Trinajstić information content (AvgIpc) is 3.18. The van der Waals surface area contributed by atoms with Crippen LogP contribution in [0.15, 0.2) is 23.3 Å². The highest BCUT2D eigenvalue weighted by atomic mass is 127. The summed E-state index contributed by atoms with van der Waals surface area (Å²) in [6.45, 7) is 8.74. The molecule has 0 radical (unpaired) electrons. The quantitative estimate of drug-likeness (QED) is 0.355. The van der Waals surface area contributed by atoms with E-state index in [2.05, 4.69) is 51.5 Å². The Bertz CT molecular complexity index is 633. The fourth-order valence-corrected chi connectivity index (χ4v) is 4.23. The molecular weight excluding hydrogens is 465 g/mol. The molecule has 1 atom stereocenters. The lowest BCUT2D eigenvalue weighted by molar-refractivity contribution is 0.0529. The maximum atomic E-state index is 5.63. The first kappa shape index (κ1) is 23.2. The van der Waals surface area contributed by atoms with Crippen LogP contribution in [-0.4, -0.2) is 50.3 Å². The number of anilines is 1. The molecule has 2 N–H and O–H groups in total. The number of nitrogens with zero attached hydrogens (tertiary/aromatic N) is 3. The number of aromatic nitrogens is 1. The first-order valence-electron chi connectivity index (χ1n) is 10.4. The zero-order chi connectivity index (χ0) is 19.1. The Balaban J connectivity index is 0.00000280. The summed E-state index contributed by atoms with van der Waals surface area (Å²) in [5, 5.41) is 7.01. The average molecular weight is 501 g/mol. The van der Waals surface area contributed by atoms with Gasteiger partial charge < -0.3 is 20.3 Å². The van der Waals surface area contributed by atoms with Gasteiger partial charge in [-0.15, -0.1) is 24.0 Å². The molecule has 1 aromatic heterocycles. The van der Waals surface area contributed by atoms with Gasteiger partial charge in [-0.2, -0.15) is 0 Å². The van der Waals surface area contributed by atoms with Gasteiger partial charge in [0.15, 0.2) is 5.96 Å². The predicted molar refractivity (Wildman–Crippen MR) is 127 cm³/mol. The van der Waals surface area contributed by atoms with Crippen molar-refractivity contribution < 1.29 is 4.74 Å². The molecule has 3 rings (SSSR count). The number of guanidine groups is 1. The number of pyridine rings is 1. The van der Waals surface area contributed by atoms with Crippen molar-refractivity contribution in [2.75, 3.05) is 38.2 Å². The predicted octanol–water partition coefficient (Wildman–Crippen LogP) is 3.56. The van der Waals surface area contributed by atoms with Gasteiger partial charge in [0, 0.05) is 39.4 Å². The zero-order valence-electron chi connectivity index (χ0n) is 17.5. The van der Waals surface area contributed by atoms with Crippen molar-refractivity contribution in [2.45, 2.75) is 58.6 Å². The number of morpholine rings is 1. The van der Waals surface area contributed by atoms with Gasteiger partial charge in [0.25, 0.3) is 0 Å². The second-order valence-corrected chi connectivity index (χ2v) is 7.99. The minimum absolute atomic E-state index is 0. The second kappa shape index (κ2) is 11.2. The lowest BCUT2D eigenvalue weighted by atomic mass is 9.83. The van der Waals surface area contributed by atoms with E-state index in [1.165, 1.54) is 37.7 Å². The number of hydrogen-bond donors (Lipinski definition) is 2. The smallest absolute Gasteiger partial charge is 0.191 e. The Labute approximate surface area is 186 Å². The first-order chi connectivity index (χ1) is 13.1. The highest BCUT2D eigenvalue weighted by Gasteiger charge is 2.31. The highest BCUT2D eigenvalue weighted by Crippen LogP contribution is 2.40. The number of aliphatic imine (C=N–C) groups is 1. The molecule has 1 aliphatic carbocycles. The normalized spacial score (nSPS) is 21.9. The molecule has 1 unspecified atom stereocenters. The topological polar surface area (TPSA) is 61.8 Å². The van der Waals surface area contributed by atoms with E-state index in [0.29, 0.717) is 5.41 Å². The SMILES string of the molecule is CCC1(CNC(=NC)NCc2ccnc(N3CCOC(C)C3)c2)CCCC1.I. The summed E-state index contributed by atoms with van der Waals surface area (Å²) in [4.78, 5) is 11.3. The van der Waals surface area contributed by atoms with E-state index in [0.717, 1.165) is 44.6 Å². The van der Waals surface area contributed by atoms with Crippen LogP contribution in [0.1, 0.15) is 51.5 Å². The highest BCUT2D eigenvalue weighted by molar-refractivity contribution is 14.0. The minimum atomic E-state index is 0. The van der Waals surface area contributed by atoms with Crippen LogP contribution in [0.3, 0.4) is 0 Å². The van der Waals surface area contributed by atoms with E-state index in [-0.39, 0.29) is 30.1 Å². The van der Waals surface area contributed by atoms with Gasteiger partial charge in [0.1, 0.15) is 5.82 Å². The summed E-state index contributed by atoms with van der Waals surface area (Å²) in [5.41, 5.74) is 1.67. The van der Waals surface area contributed by atoms with Crippen molar-refractivity contribution in [3.8, 4) is 0 Å². The van der Waals surface area contributed by atoms with E-state index >= 15 is 0 Å². The molecule has 1 aliphatic heterocycles. The number of halogens is 1. The van der Waals surface area contributed by atoms with E-state index in [4.69, 9.17) is 4.74 Å². The third-order valence-electron chi connectivity index (χ3n) is 6.10. The third-order valence-corrected chi connectivity index (χ3v) is 6.10. The molecule has 28 heavy (non-hydrogen) atoms. The summed E-state index contributed by atoms with van der Waals surface area (Å²) in [6.07, 6.45) is 8.78. The van der Waals surface area contributed by atoms with E-state index < -0.39 is 0 Å². The van der Waals surface area contributed by atoms with Crippen LogP contribution in [0.25, 0.3) is 0 Å². The monoisotopic (exact) mass is 501 g/mol. The van der Waals surface area contributed by atoms with Gasteiger partial charge in [-0.25, -0.2) is 4.98 Å². The van der Waals surface area contributed by atoms with Gasteiger partial charge in [0.2, 0.25) is 0 Å². The van der Waals surface area contributed by atoms with Crippen molar-refractivity contribution in [3.63, 3.8) is 0 Å². The number of ether oxygens (including phenoxy) is 1. The zero-order valence-corrected chi connectivity index (χ0v) is 19.9. The number of hydrogen-bond acceptors (Lipinski definition) is 4. The molecule has 6 nitrogen and oxygen atoms in total. The summed E-state index contributed by atoms with van der Waals surface area (Å²) >= 11 is 0. The Morgan fingerprint density at radius 2 is 2.14 bits per heavy atom. The Kier molecular flexibility index (Phi) is 9.27. The van der Waals surface area contributed by atoms with Crippen LogP contribution in [0.5, 0.6) is 0 Å². The largest absolute Gasteiger partial charge is 0.375 e. The molecule has 158 valence electrons. The van der Waals surface area contributed by atoms with Crippen LogP contribution >= 0.6 is 24.0 Å². The van der Waals surface area contributed by atoms with E-state index in [1.807, 2.05) is 13.2 Å². The number of rotatable bonds is 6. The maximum Gasteiger partial charge on any atom is 0.191 e. The third kappa shape index (κ3) is 6.20. The molecule has 2 fully saturated rings. The summed E-state index contributed by atoms with van der Waals surface area (Å²) < 4.78 is 5.63. The van der Waals surface area contributed by atoms with E-state index in [9.17, 15) is 0 Å². The molecule has 0 aromatic carbocycles. The number of nitrogens with one attached hydrogen (secondary N) is 2. The molecule has 1 saturated carbocycles. The lowest BCUT2D eigenvalue weighted by Gasteiger charge is -2.32. The molecule has 1 saturated heterocycles. The first-order valence-corrected chi connectivity index (χ1v) is 10.4. The van der Waals surface area contributed by atoms with Gasteiger partial charge >= 0.3 is 0 Å². The van der Waals surface area contributed by atoms with Crippen LogP contribution in [0.2, 0.25) is 0 Å². The summed E-state index contributed by atoms with van der Waals surface area (Å²) in [7, 11) is 1.84. The molecule has 1 aromatic rings. The minimum Gasteiger partial charge on any atom is -0.375 e. The van der Waals surface area contributed by atoms with Gasteiger partial charge in [-0.05, 0) is 49.3 Å². The van der Waals surface area contributed by atoms with Gasteiger partial charge in [-0.3, -0.25) is 4.99 Å².